The van der Waals surface area contributed by atoms with Crippen molar-refractivity contribution in [2.24, 2.45) is 0 Å². The summed E-state index contributed by atoms with van der Waals surface area (Å²) in [7, 11) is 1.28. The maximum atomic E-state index is 13.4. The number of likely N-dealkylation sites (N-methyl/N-ethyl adjacent to an activating group) is 1. The Kier molecular flexibility index (Phi) is 10.5. The summed E-state index contributed by atoms with van der Waals surface area (Å²) in [6.45, 7) is 12.5. The zero-order chi connectivity index (χ0) is 33.1. The Morgan fingerprint density at radius 1 is 1.02 bits per heavy atom. The van der Waals surface area contributed by atoms with E-state index in [1.54, 1.807) is 44.2 Å². The third-order valence-electron chi connectivity index (χ3n) is 9.14. The first-order chi connectivity index (χ1) is 22.6. The van der Waals surface area contributed by atoms with Crippen LogP contribution in [0.3, 0.4) is 0 Å². The van der Waals surface area contributed by atoms with Crippen LogP contribution in [0, 0.1) is 0 Å². The van der Waals surface area contributed by atoms with Gasteiger partial charge in [-0.15, -0.1) is 11.3 Å². The Morgan fingerprint density at radius 3 is 2.45 bits per heavy atom. The predicted octanol–water partition coefficient (Wildman–Crippen LogP) is 6.89. The van der Waals surface area contributed by atoms with Gasteiger partial charge in [0.2, 0.25) is 5.95 Å². The van der Waals surface area contributed by atoms with Gasteiger partial charge in [-0.25, -0.2) is 9.97 Å². The molecule has 2 aromatic carbocycles. The molecule has 0 amide bonds. The molecule has 0 aliphatic carbocycles. The molecule has 250 valence electrons. The van der Waals surface area contributed by atoms with E-state index < -0.39 is 7.14 Å². The lowest BCUT2D eigenvalue weighted by Crippen LogP contribution is -2.52. The highest BCUT2D eigenvalue weighted by atomic mass is 79.9. The fourth-order valence-electron chi connectivity index (χ4n) is 6.46. The van der Waals surface area contributed by atoms with Crippen LogP contribution in [0.25, 0.3) is 10.6 Å². The van der Waals surface area contributed by atoms with Crippen molar-refractivity contribution >= 4 is 68.5 Å². The summed E-state index contributed by atoms with van der Waals surface area (Å²) in [5.74, 6) is 1.74. The molecule has 47 heavy (non-hydrogen) atoms. The molecule has 6 rings (SSSR count). The van der Waals surface area contributed by atoms with Crippen LogP contribution in [0.1, 0.15) is 25.3 Å². The van der Waals surface area contributed by atoms with E-state index >= 15 is 0 Å². The number of thiazole rings is 1. The molecular weight excluding hydrogens is 695 g/mol. The van der Waals surface area contributed by atoms with Gasteiger partial charge in [-0.2, -0.15) is 4.98 Å². The largest absolute Gasteiger partial charge is 0.494 e. The summed E-state index contributed by atoms with van der Waals surface area (Å²) >= 11 is 5.16. The highest BCUT2D eigenvalue weighted by Gasteiger charge is 2.28. The summed E-state index contributed by atoms with van der Waals surface area (Å²) in [5, 5.41) is 10.4. The van der Waals surface area contributed by atoms with Crippen LogP contribution in [0.5, 0.6) is 5.75 Å². The fourth-order valence-corrected chi connectivity index (χ4v) is 8.55. The number of aromatic nitrogens is 3. The van der Waals surface area contributed by atoms with E-state index in [1.807, 2.05) is 23.6 Å². The summed E-state index contributed by atoms with van der Waals surface area (Å²) in [6.07, 6.45) is 6.75. The van der Waals surface area contributed by atoms with Gasteiger partial charge in [-0.3, -0.25) is 4.90 Å². The number of nitrogens with one attached hydrogen (secondary N) is 2. The van der Waals surface area contributed by atoms with Crippen LogP contribution in [0.2, 0.25) is 0 Å². The molecule has 13 heteroatoms. The van der Waals surface area contributed by atoms with E-state index in [0.717, 1.165) is 65.6 Å². The number of piperidine rings is 1. The zero-order valence-corrected chi connectivity index (χ0v) is 31.1. The molecule has 2 fully saturated rings. The minimum atomic E-state index is -2.64. The highest BCUT2D eigenvalue weighted by molar-refractivity contribution is 9.10. The van der Waals surface area contributed by atoms with Gasteiger partial charge < -0.3 is 29.7 Å². The Morgan fingerprint density at radius 2 is 1.79 bits per heavy atom. The maximum absolute atomic E-state index is 13.4. The van der Waals surface area contributed by atoms with E-state index in [1.165, 1.54) is 37.2 Å². The summed E-state index contributed by atoms with van der Waals surface area (Å²) < 4.78 is 20.0. The summed E-state index contributed by atoms with van der Waals surface area (Å²) in [5.41, 5.74) is 4.98. The molecule has 0 spiro atoms. The van der Waals surface area contributed by atoms with Gasteiger partial charge in [-0.05, 0) is 85.4 Å². The lowest BCUT2D eigenvalue weighted by molar-refractivity contribution is 0.0982. The topological polar surface area (TPSA) is 98.7 Å². The van der Waals surface area contributed by atoms with Crippen LogP contribution >= 0.6 is 34.4 Å². The SMILES string of the molecule is CCc1cc(Nc2ncc(Br)c(Nc3ccc(-c4nccs4)cc3P(C)(C)=O)n2)c(OC)cc1N1CCC(N2CCN(C)CC2)CC1. The van der Waals surface area contributed by atoms with Gasteiger partial charge in [-0.1, -0.05) is 6.92 Å². The second-order valence-electron chi connectivity index (χ2n) is 12.7. The van der Waals surface area contributed by atoms with Crippen LogP contribution in [-0.2, 0) is 11.0 Å². The number of hydrogen-bond acceptors (Lipinski definition) is 11. The first-order valence-electron chi connectivity index (χ1n) is 16.2. The lowest BCUT2D eigenvalue weighted by atomic mass is 9.99. The molecule has 2 saturated heterocycles. The quantitative estimate of drug-likeness (QED) is 0.168. The Bertz CT molecular complexity index is 1730. The highest BCUT2D eigenvalue weighted by Crippen LogP contribution is 2.41. The molecule has 0 bridgehead atoms. The number of nitrogens with zero attached hydrogens (tertiary/aromatic N) is 6. The number of benzene rings is 2. The van der Waals surface area contributed by atoms with Crippen molar-refractivity contribution in [2.75, 3.05) is 82.3 Å². The average Bonchev–Trinajstić information content (AvgIpc) is 3.61. The Hall–Kier alpha value is -3.02. The van der Waals surface area contributed by atoms with Crippen molar-refractivity contribution in [3.63, 3.8) is 0 Å². The molecule has 2 aliphatic rings. The number of anilines is 5. The molecule has 0 atom stereocenters. The van der Waals surface area contributed by atoms with E-state index in [0.29, 0.717) is 22.3 Å². The summed E-state index contributed by atoms with van der Waals surface area (Å²) in [6, 6.07) is 10.9. The average molecular weight is 740 g/mol. The van der Waals surface area contributed by atoms with Crippen LogP contribution < -0.4 is 25.6 Å². The lowest BCUT2D eigenvalue weighted by Gasteiger charge is -2.43. The van der Waals surface area contributed by atoms with E-state index in [2.05, 4.69) is 77.3 Å². The Balaban J connectivity index is 1.21. The third kappa shape index (κ3) is 7.84. The van der Waals surface area contributed by atoms with Crippen molar-refractivity contribution in [3.8, 4) is 16.3 Å². The van der Waals surface area contributed by atoms with Crippen LogP contribution in [-0.4, -0.2) is 97.5 Å². The first-order valence-corrected chi connectivity index (χ1v) is 20.4. The Labute approximate surface area is 290 Å². The van der Waals surface area contributed by atoms with Crippen LogP contribution in [0.15, 0.2) is 52.6 Å². The van der Waals surface area contributed by atoms with E-state index in [4.69, 9.17) is 9.72 Å². The molecule has 0 unspecified atom stereocenters. The number of aryl methyl sites for hydroxylation is 1. The smallest absolute Gasteiger partial charge is 0.229 e. The molecule has 2 N–H and O–H groups in total. The molecule has 4 heterocycles. The number of rotatable bonds is 10. The van der Waals surface area contributed by atoms with Crippen molar-refractivity contribution in [3.05, 3.63) is 58.1 Å². The minimum absolute atomic E-state index is 0.425. The number of piperazine rings is 1. The van der Waals surface area contributed by atoms with Gasteiger partial charge in [0.1, 0.15) is 23.7 Å². The van der Waals surface area contributed by atoms with Crippen molar-refractivity contribution in [1.82, 2.24) is 24.8 Å². The zero-order valence-electron chi connectivity index (χ0n) is 27.8. The monoisotopic (exact) mass is 738 g/mol. The molecule has 0 saturated carbocycles. The first kappa shape index (κ1) is 33.9. The molecular formula is C34H44BrN8O2PS. The number of methoxy groups -OCH3 is 1. The van der Waals surface area contributed by atoms with Crippen molar-refractivity contribution in [2.45, 2.75) is 32.2 Å². The third-order valence-corrected chi connectivity index (χ3v) is 12.1. The predicted molar refractivity (Wildman–Crippen MR) is 200 cm³/mol. The van der Waals surface area contributed by atoms with Crippen molar-refractivity contribution < 1.29 is 9.30 Å². The van der Waals surface area contributed by atoms with E-state index in [9.17, 15) is 4.57 Å². The number of ether oxygens (including phenoxy) is 1. The standard InChI is InChI=1S/C34H44BrN8O2PS/c1-6-23-19-28(30(45-3)21-29(23)43-12-9-25(10-13-43)42-16-14-41(2)15-17-42)39-34-37-22-26(35)32(40-34)38-27-8-7-24(33-36-11-18-47-33)20-31(27)46(4,5)44/h7-8,11,18-22,25H,6,9-10,12-17H2,1-5H3,(H2,37,38,39,40). The van der Waals surface area contributed by atoms with Gasteiger partial charge in [0.15, 0.2) is 0 Å². The van der Waals surface area contributed by atoms with Gasteiger partial charge in [0, 0.05) is 85.7 Å². The second kappa shape index (κ2) is 14.6. The van der Waals surface area contributed by atoms with Crippen LogP contribution in [0.4, 0.5) is 28.8 Å². The number of halogens is 1. The second-order valence-corrected chi connectivity index (χ2v) is 17.6. The summed E-state index contributed by atoms with van der Waals surface area (Å²) in [4.78, 5) is 21.4. The van der Waals surface area contributed by atoms with E-state index in [-0.39, 0.29) is 0 Å². The van der Waals surface area contributed by atoms with Gasteiger partial charge >= 0.3 is 0 Å². The fraction of sp³-hybridized carbons (Fsp3) is 0.441. The molecule has 2 aromatic heterocycles. The number of hydrogen-bond donors (Lipinski definition) is 2. The maximum Gasteiger partial charge on any atom is 0.229 e. The van der Waals surface area contributed by atoms with Gasteiger partial charge in [0.25, 0.3) is 0 Å². The van der Waals surface area contributed by atoms with Gasteiger partial charge in [0.05, 0.1) is 23.0 Å². The molecule has 2 aliphatic heterocycles. The molecule has 10 nitrogen and oxygen atoms in total. The normalized spacial score (nSPS) is 16.8. The minimum Gasteiger partial charge on any atom is -0.494 e. The molecule has 4 aromatic rings. The van der Waals surface area contributed by atoms with Crippen molar-refractivity contribution in [1.29, 1.82) is 0 Å². The molecule has 0 radical (unpaired) electrons.